The number of carbonyl (C=O) groups is 1. The van der Waals surface area contributed by atoms with Gasteiger partial charge in [-0.3, -0.25) is 9.35 Å². The van der Waals surface area contributed by atoms with Crippen LogP contribution in [0.2, 0.25) is 0 Å². The van der Waals surface area contributed by atoms with Crippen LogP contribution in [0.4, 0.5) is 0 Å². The van der Waals surface area contributed by atoms with Crippen molar-refractivity contribution < 1.29 is 56.2 Å². The van der Waals surface area contributed by atoms with E-state index in [0.29, 0.717) is 13.0 Å². The summed E-state index contributed by atoms with van der Waals surface area (Å²) >= 11 is 0. The van der Waals surface area contributed by atoms with Crippen LogP contribution in [0.15, 0.2) is 36.5 Å². The minimum atomic E-state index is -5.07. The number of aliphatic hydroxyl groups excluding tert-OH is 3. The zero-order chi connectivity index (χ0) is 52.4. The van der Waals surface area contributed by atoms with Gasteiger partial charge < -0.3 is 34.3 Å². The van der Waals surface area contributed by atoms with Crippen molar-refractivity contribution in [3.8, 4) is 0 Å². The Morgan fingerprint density at radius 2 is 0.917 bits per heavy atom. The summed E-state index contributed by atoms with van der Waals surface area (Å²) in [5.41, 5.74) is 0. The van der Waals surface area contributed by atoms with Gasteiger partial charge in [-0.2, -0.15) is 8.42 Å². The molecule has 4 N–H and O–H groups in total. The fraction of sp³-hybridized carbons (Fsp3) is 0.881. The van der Waals surface area contributed by atoms with E-state index in [1.165, 1.54) is 186 Å². The van der Waals surface area contributed by atoms with Gasteiger partial charge in [-0.1, -0.05) is 249 Å². The molecule has 0 radical (unpaired) electrons. The average Bonchev–Trinajstić information content (AvgIpc) is 3.36. The van der Waals surface area contributed by atoms with E-state index in [1.807, 2.05) is 0 Å². The number of ether oxygens (including phenoxy) is 4. The normalized spacial score (nSPS) is 19.1. The highest BCUT2D eigenvalue weighted by Gasteiger charge is 2.48. The first-order chi connectivity index (χ1) is 35.1. The fourth-order valence-corrected chi connectivity index (χ4v) is 9.78. The van der Waals surface area contributed by atoms with E-state index >= 15 is 0 Å². The second-order valence-corrected chi connectivity index (χ2v) is 21.6. The number of carbonyl (C=O) groups excluding carboxylic acids is 1. The summed E-state index contributed by atoms with van der Waals surface area (Å²) in [6, 6.07) is 0. The van der Waals surface area contributed by atoms with Gasteiger partial charge in [-0.05, 0) is 51.4 Å². The lowest BCUT2D eigenvalue weighted by molar-refractivity contribution is -0.301. The maximum Gasteiger partial charge on any atom is 0.397 e. The molecule has 0 saturated carbocycles. The van der Waals surface area contributed by atoms with Crippen molar-refractivity contribution in [1.29, 1.82) is 0 Å². The Balaban J connectivity index is 2.28. The Labute approximate surface area is 441 Å². The minimum Gasteiger partial charge on any atom is -0.457 e. The lowest BCUT2D eigenvalue weighted by Gasteiger charge is -2.41. The molecule has 0 amide bonds. The third-order valence-electron chi connectivity index (χ3n) is 13.8. The standard InChI is InChI=1S/C59H110O12S/c1-3-5-7-9-11-13-15-17-19-21-23-25-26-27-28-29-30-32-34-36-38-40-42-44-46-48-55(61)69-53(52-68-59-57(63)58(71-72(64,65)66)56(62)54(50-60)70-59)51-67-49-47-45-43-41-39-37-35-33-31-24-22-20-18-16-14-12-10-8-6-4-2/h15,17,21,23,26-27,53-54,56-60,62-63H,3-14,16,18-20,22,24-25,28-52H2,1-2H3,(H,64,65,66)/b17-15-,23-21-,27-26-. The summed E-state index contributed by atoms with van der Waals surface area (Å²) in [4.78, 5) is 13.0. The van der Waals surface area contributed by atoms with E-state index < -0.39 is 59.8 Å². The topological polar surface area (TPSA) is 178 Å². The lowest BCUT2D eigenvalue weighted by Crippen LogP contribution is -2.60. The molecule has 0 bridgehead atoms. The first kappa shape index (κ1) is 68.3. The van der Waals surface area contributed by atoms with Crippen molar-refractivity contribution in [2.24, 2.45) is 0 Å². The molecule has 0 aromatic heterocycles. The number of aliphatic hydroxyl groups is 3. The predicted octanol–water partition coefficient (Wildman–Crippen LogP) is 14.9. The summed E-state index contributed by atoms with van der Waals surface area (Å²) < 4.78 is 59.5. The number of hydrogen-bond acceptors (Lipinski definition) is 11. The van der Waals surface area contributed by atoms with Crippen molar-refractivity contribution in [3.63, 3.8) is 0 Å². The molecule has 6 unspecified atom stereocenters. The van der Waals surface area contributed by atoms with Gasteiger partial charge in [0.25, 0.3) is 0 Å². The molecule has 0 aliphatic carbocycles. The van der Waals surface area contributed by atoms with Crippen LogP contribution in [0, 0.1) is 0 Å². The zero-order valence-corrected chi connectivity index (χ0v) is 46.8. The van der Waals surface area contributed by atoms with E-state index in [9.17, 15) is 33.1 Å². The Kier molecular flexibility index (Phi) is 47.6. The number of unbranched alkanes of at least 4 members (excludes halogenated alkanes) is 34. The third-order valence-corrected chi connectivity index (χ3v) is 14.2. The van der Waals surface area contributed by atoms with Crippen molar-refractivity contribution in [2.45, 2.75) is 307 Å². The van der Waals surface area contributed by atoms with Crippen molar-refractivity contribution in [2.75, 3.05) is 26.4 Å². The van der Waals surface area contributed by atoms with E-state index in [-0.39, 0.29) is 19.6 Å². The van der Waals surface area contributed by atoms with Gasteiger partial charge in [0.05, 0.1) is 19.8 Å². The monoisotopic (exact) mass is 1040 g/mol. The molecule has 1 aliphatic rings. The Hall–Kier alpha value is -1.68. The first-order valence-electron chi connectivity index (χ1n) is 29.7. The third kappa shape index (κ3) is 42.5. The van der Waals surface area contributed by atoms with Gasteiger partial charge in [0, 0.05) is 13.0 Å². The molecule has 72 heavy (non-hydrogen) atoms. The molecule has 424 valence electrons. The second-order valence-electron chi connectivity index (χ2n) is 20.6. The van der Waals surface area contributed by atoms with Crippen molar-refractivity contribution in [3.05, 3.63) is 36.5 Å². The highest BCUT2D eigenvalue weighted by Crippen LogP contribution is 2.26. The second kappa shape index (κ2) is 50.2. The quantitative estimate of drug-likeness (QED) is 0.0196. The van der Waals surface area contributed by atoms with Crippen molar-refractivity contribution in [1.82, 2.24) is 0 Å². The minimum absolute atomic E-state index is 0.0383. The molecule has 6 atom stereocenters. The zero-order valence-electron chi connectivity index (χ0n) is 46.0. The summed E-state index contributed by atoms with van der Waals surface area (Å²) in [6.45, 7) is 4.04. The molecule has 1 saturated heterocycles. The summed E-state index contributed by atoms with van der Waals surface area (Å²) in [5, 5.41) is 30.9. The average molecular weight is 1040 g/mol. The fourth-order valence-electron chi connectivity index (χ4n) is 9.27. The van der Waals surface area contributed by atoms with Crippen LogP contribution >= 0.6 is 0 Å². The van der Waals surface area contributed by atoms with E-state index in [0.717, 1.165) is 57.8 Å². The van der Waals surface area contributed by atoms with Gasteiger partial charge in [-0.15, -0.1) is 0 Å². The van der Waals surface area contributed by atoms with E-state index in [1.54, 1.807) is 0 Å². The number of rotatable bonds is 53. The van der Waals surface area contributed by atoms with E-state index in [2.05, 4.69) is 54.5 Å². The molecule has 1 fully saturated rings. The molecule has 0 aromatic rings. The van der Waals surface area contributed by atoms with Crippen LogP contribution in [0.1, 0.15) is 271 Å². The Morgan fingerprint density at radius 3 is 1.33 bits per heavy atom. The van der Waals surface area contributed by atoms with Gasteiger partial charge in [0.2, 0.25) is 0 Å². The Bertz CT molecular complexity index is 1390. The lowest BCUT2D eigenvalue weighted by atomic mass is 9.99. The summed E-state index contributed by atoms with van der Waals surface area (Å²) in [6.07, 6.45) is 53.2. The largest absolute Gasteiger partial charge is 0.457 e. The van der Waals surface area contributed by atoms with Gasteiger partial charge in [0.15, 0.2) is 6.29 Å². The SMILES string of the molecule is CCCCCCC/C=C\C/C=C\C/C=C\CCCCCCCCCCCCC(=O)OC(COCCCCCCCCCCCCCCCCCCCCCC)COC1OC(CO)C(O)C(OS(=O)(=O)O)C1O. The molecule has 0 aromatic carbocycles. The maximum atomic E-state index is 13.0. The van der Waals surface area contributed by atoms with Gasteiger partial charge in [0.1, 0.15) is 30.5 Å². The highest BCUT2D eigenvalue weighted by molar-refractivity contribution is 7.80. The van der Waals surface area contributed by atoms with Crippen LogP contribution in [-0.4, -0.2) is 97.5 Å². The number of hydrogen-bond donors (Lipinski definition) is 4. The van der Waals surface area contributed by atoms with Gasteiger partial charge >= 0.3 is 16.4 Å². The van der Waals surface area contributed by atoms with Crippen LogP contribution in [0.25, 0.3) is 0 Å². The highest BCUT2D eigenvalue weighted by atomic mass is 32.3. The molecule has 1 aliphatic heterocycles. The van der Waals surface area contributed by atoms with Crippen LogP contribution in [0.3, 0.4) is 0 Å². The smallest absolute Gasteiger partial charge is 0.397 e. The molecular weight excluding hydrogens is 933 g/mol. The molecule has 13 heteroatoms. The molecule has 0 spiro atoms. The number of esters is 1. The molecule has 1 heterocycles. The molecular formula is C59H110O12S. The van der Waals surface area contributed by atoms with Crippen LogP contribution in [-0.2, 0) is 38.3 Å². The number of allylic oxidation sites excluding steroid dienone is 6. The maximum absolute atomic E-state index is 13.0. The van der Waals surface area contributed by atoms with E-state index in [4.69, 9.17) is 18.9 Å². The first-order valence-corrected chi connectivity index (χ1v) is 31.1. The Morgan fingerprint density at radius 1 is 0.528 bits per heavy atom. The molecule has 12 nitrogen and oxygen atoms in total. The predicted molar refractivity (Wildman–Crippen MR) is 294 cm³/mol. The van der Waals surface area contributed by atoms with Crippen LogP contribution in [0.5, 0.6) is 0 Å². The van der Waals surface area contributed by atoms with Crippen molar-refractivity contribution >= 4 is 16.4 Å². The summed E-state index contributed by atoms with van der Waals surface area (Å²) in [5.74, 6) is -0.398. The molecule has 1 rings (SSSR count). The summed E-state index contributed by atoms with van der Waals surface area (Å²) in [7, 11) is -5.07. The van der Waals surface area contributed by atoms with Crippen LogP contribution < -0.4 is 0 Å². The van der Waals surface area contributed by atoms with Gasteiger partial charge in [-0.25, -0.2) is 4.18 Å².